The van der Waals surface area contributed by atoms with E-state index in [1.54, 1.807) is 11.3 Å². The summed E-state index contributed by atoms with van der Waals surface area (Å²) in [6.45, 7) is 2.93. The average molecular weight is 399 g/mol. The lowest BCUT2D eigenvalue weighted by atomic mass is 9.84. The molecule has 0 radical (unpaired) electrons. The van der Waals surface area contributed by atoms with Gasteiger partial charge in [0.2, 0.25) is 11.9 Å². The Morgan fingerprint density at radius 3 is 2.89 bits per heavy atom. The highest BCUT2D eigenvalue weighted by atomic mass is 32.1. The molecule has 5 rings (SSSR count). The number of carbonyl (C=O) groups is 1. The van der Waals surface area contributed by atoms with E-state index < -0.39 is 0 Å². The van der Waals surface area contributed by atoms with Crippen LogP contribution in [0.2, 0.25) is 0 Å². The molecule has 0 aromatic carbocycles. The number of fused-ring (bicyclic) bond motifs is 1. The van der Waals surface area contributed by atoms with Crippen molar-refractivity contribution in [2.45, 2.75) is 69.7 Å². The van der Waals surface area contributed by atoms with Crippen LogP contribution in [0, 0.1) is 5.92 Å². The molecule has 1 amide bonds. The lowest BCUT2D eigenvalue weighted by molar-refractivity contribution is -0.132. The highest BCUT2D eigenvalue weighted by Gasteiger charge is 2.46. The molecule has 0 bridgehead atoms. The first-order valence-corrected chi connectivity index (χ1v) is 11.9. The number of aromatic nitrogens is 2. The summed E-state index contributed by atoms with van der Waals surface area (Å²) < 4.78 is 1.15. The second-order valence-electron chi connectivity index (χ2n) is 8.91. The lowest BCUT2D eigenvalue weighted by Gasteiger charge is -2.40. The van der Waals surface area contributed by atoms with E-state index >= 15 is 0 Å². The lowest BCUT2D eigenvalue weighted by Crippen LogP contribution is -2.48. The summed E-state index contributed by atoms with van der Waals surface area (Å²) in [7, 11) is 0. The zero-order chi connectivity index (χ0) is 19.0. The zero-order valence-electron chi connectivity index (χ0n) is 16.6. The molecule has 1 atom stereocenters. The molecule has 4 heterocycles. The largest absolute Gasteiger partial charge is 0.341 e. The first kappa shape index (κ1) is 18.3. The van der Waals surface area contributed by atoms with Crippen LogP contribution in [-0.4, -0.2) is 45.9 Å². The van der Waals surface area contributed by atoms with Gasteiger partial charge in [0.15, 0.2) is 0 Å². The highest BCUT2D eigenvalue weighted by molar-refractivity contribution is 7.17. The summed E-state index contributed by atoms with van der Waals surface area (Å²) in [6, 6.07) is 2.08. The second-order valence-corrected chi connectivity index (χ2v) is 9.86. The van der Waals surface area contributed by atoms with Crippen LogP contribution in [-0.2, 0) is 4.79 Å². The minimum Gasteiger partial charge on any atom is -0.341 e. The van der Waals surface area contributed by atoms with E-state index in [9.17, 15) is 4.79 Å². The first-order valence-electron chi connectivity index (χ1n) is 11.0. The van der Waals surface area contributed by atoms with Crippen LogP contribution in [0.15, 0.2) is 17.6 Å². The van der Waals surface area contributed by atoms with Crippen LogP contribution in [0.5, 0.6) is 0 Å². The molecular weight excluding hydrogens is 368 g/mol. The summed E-state index contributed by atoms with van der Waals surface area (Å²) in [5, 5.41) is 2.08. The van der Waals surface area contributed by atoms with Gasteiger partial charge in [-0.25, -0.2) is 9.97 Å². The van der Waals surface area contributed by atoms with Gasteiger partial charge in [-0.1, -0.05) is 19.3 Å². The average Bonchev–Trinajstić information content (AvgIpc) is 3.23. The van der Waals surface area contributed by atoms with Gasteiger partial charge in [0.05, 0.1) is 16.4 Å². The summed E-state index contributed by atoms with van der Waals surface area (Å²) >= 11 is 1.69. The van der Waals surface area contributed by atoms with E-state index in [1.807, 2.05) is 6.20 Å². The fourth-order valence-corrected chi connectivity index (χ4v) is 6.30. The number of thiophene rings is 1. The standard InChI is InChI=1S/C22H30N4OS/c27-20-7-10-22(26(20)16-17-5-2-1-3-6-17)9-4-12-25(13-11-22)21-23-15-19-18(24-21)8-14-28-19/h8,14-15,17H,1-7,9-13,16H2. The van der Waals surface area contributed by atoms with Gasteiger partial charge in [0, 0.05) is 31.6 Å². The van der Waals surface area contributed by atoms with Crippen LogP contribution in [0.3, 0.4) is 0 Å². The molecule has 1 saturated carbocycles. The topological polar surface area (TPSA) is 49.3 Å². The number of likely N-dealkylation sites (tertiary alicyclic amines) is 1. The van der Waals surface area contributed by atoms with Crippen molar-refractivity contribution in [1.29, 1.82) is 0 Å². The molecule has 5 nitrogen and oxygen atoms in total. The Hall–Kier alpha value is -1.69. The maximum absolute atomic E-state index is 12.8. The first-order chi connectivity index (χ1) is 13.7. The summed E-state index contributed by atoms with van der Waals surface area (Å²) in [5.41, 5.74) is 1.12. The smallest absolute Gasteiger partial charge is 0.225 e. The van der Waals surface area contributed by atoms with E-state index in [0.29, 0.717) is 5.91 Å². The molecule has 6 heteroatoms. The van der Waals surface area contributed by atoms with Crippen molar-refractivity contribution in [3.63, 3.8) is 0 Å². The van der Waals surface area contributed by atoms with Gasteiger partial charge in [0.1, 0.15) is 0 Å². The van der Waals surface area contributed by atoms with Crippen molar-refractivity contribution in [2.24, 2.45) is 5.92 Å². The van der Waals surface area contributed by atoms with Crippen LogP contribution >= 0.6 is 11.3 Å². The molecule has 0 N–H and O–H groups in total. The minimum absolute atomic E-state index is 0.0791. The number of nitrogens with zero attached hydrogens (tertiary/aromatic N) is 4. The Morgan fingerprint density at radius 1 is 1.11 bits per heavy atom. The van der Waals surface area contributed by atoms with E-state index in [2.05, 4.69) is 26.2 Å². The van der Waals surface area contributed by atoms with Gasteiger partial charge in [0.25, 0.3) is 0 Å². The molecule has 1 unspecified atom stereocenters. The Kier molecular flexibility index (Phi) is 4.99. The van der Waals surface area contributed by atoms with Gasteiger partial charge in [-0.15, -0.1) is 11.3 Å². The molecule has 2 aromatic heterocycles. The second kappa shape index (κ2) is 7.62. The van der Waals surface area contributed by atoms with Crippen molar-refractivity contribution in [3.05, 3.63) is 17.6 Å². The summed E-state index contributed by atoms with van der Waals surface area (Å²) in [5.74, 6) is 1.97. The van der Waals surface area contributed by atoms with Gasteiger partial charge < -0.3 is 9.80 Å². The molecule has 2 aliphatic heterocycles. The van der Waals surface area contributed by atoms with E-state index in [-0.39, 0.29) is 5.54 Å². The third-order valence-corrected chi connectivity index (χ3v) is 8.08. The van der Waals surface area contributed by atoms with Crippen LogP contribution < -0.4 is 4.90 Å². The van der Waals surface area contributed by atoms with Crippen LogP contribution in [0.4, 0.5) is 5.95 Å². The van der Waals surface area contributed by atoms with E-state index in [4.69, 9.17) is 4.98 Å². The number of hydrogen-bond donors (Lipinski definition) is 0. The van der Waals surface area contributed by atoms with Crippen LogP contribution in [0.25, 0.3) is 10.2 Å². The van der Waals surface area contributed by atoms with Crippen molar-refractivity contribution >= 4 is 33.4 Å². The zero-order valence-corrected chi connectivity index (χ0v) is 17.4. The van der Waals surface area contributed by atoms with Gasteiger partial charge in [-0.3, -0.25) is 4.79 Å². The van der Waals surface area contributed by atoms with Crippen molar-refractivity contribution in [3.8, 4) is 0 Å². The summed E-state index contributed by atoms with van der Waals surface area (Å²) in [4.78, 5) is 26.9. The van der Waals surface area contributed by atoms with E-state index in [1.165, 1.54) is 32.1 Å². The maximum atomic E-state index is 12.8. The molecule has 28 heavy (non-hydrogen) atoms. The van der Waals surface area contributed by atoms with Gasteiger partial charge in [-0.2, -0.15) is 0 Å². The fraction of sp³-hybridized carbons (Fsp3) is 0.682. The third-order valence-electron chi connectivity index (χ3n) is 7.23. The molecule has 2 saturated heterocycles. The minimum atomic E-state index is 0.0791. The molecule has 3 fully saturated rings. The fourth-order valence-electron chi connectivity index (χ4n) is 5.60. The Bertz CT molecular complexity index is 846. The van der Waals surface area contributed by atoms with Crippen LogP contribution in [0.1, 0.15) is 64.2 Å². The monoisotopic (exact) mass is 398 g/mol. The number of anilines is 1. The SMILES string of the molecule is O=C1CCC2(CCCN(c3ncc4sccc4n3)CC2)N1CC1CCCCC1. The highest BCUT2D eigenvalue weighted by Crippen LogP contribution is 2.41. The third kappa shape index (κ3) is 3.40. The van der Waals surface area contributed by atoms with Crippen molar-refractivity contribution in [2.75, 3.05) is 24.5 Å². The molecular formula is C22H30N4OS. The van der Waals surface area contributed by atoms with Crippen molar-refractivity contribution in [1.82, 2.24) is 14.9 Å². The van der Waals surface area contributed by atoms with Crippen molar-refractivity contribution < 1.29 is 4.79 Å². The molecule has 2 aromatic rings. The van der Waals surface area contributed by atoms with E-state index in [0.717, 1.165) is 73.8 Å². The predicted molar refractivity (Wildman–Crippen MR) is 114 cm³/mol. The number of hydrogen-bond acceptors (Lipinski definition) is 5. The number of carbonyl (C=O) groups excluding carboxylic acids is 1. The normalized spacial score (nSPS) is 27.1. The molecule has 1 spiro atoms. The van der Waals surface area contributed by atoms with Gasteiger partial charge >= 0.3 is 0 Å². The summed E-state index contributed by atoms with van der Waals surface area (Å²) in [6.07, 6.45) is 13.7. The Labute approximate surface area is 171 Å². The number of rotatable bonds is 3. The quantitative estimate of drug-likeness (QED) is 0.757. The molecule has 150 valence electrons. The Balaban J connectivity index is 1.32. The molecule has 1 aliphatic carbocycles. The predicted octanol–water partition coefficient (Wildman–Crippen LogP) is 4.62. The number of amides is 1. The maximum Gasteiger partial charge on any atom is 0.225 e. The Morgan fingerprint density at radius 2 is 2.00 bits per heavy atom. The van der Waals surface area contributed by atoms with Gasteiger partial charge in [-0.05, 0) is 55.9 Å². The molecule has 3 aliphatic rings.